The number of fused-ring (bicyclic) bond motifs is 1. The van der Waals surface area contributed by atoms with Crippen LogP contribution in [0.4, 0.5) is 5.69 Å². The Bertz CT molecular complexity index is 589. The van der Waals surface area contributed by atoms with Crippen molar-refractivity contribution in [2.24, 2.45) is 0 Å². The van der Waals surface area contributed by atoms with Gasteiger partial charge in [0.1, 0.15) is 0 Å². The number of halogens is 1. The molecule has 1 fully saturated rings. The summed E-state index contributed by atoms with van der Waals surface area (Å²) in [6, 6.07) is 8.59. The summed E-state index contributed by atoms with van der Waals surface area (Å²) < 4.78 is 1.11. The lowest BCUT2D eigenvalue weighted by Gasteiger charge is -2.14. The molecule has 0 atom stereocenters. The molecule has 0 radical (unpaired) electrons. The van der Waals surface area contributed by atoms with E-state index >= 15 is 0 Å². The van der Waals surface area contributed by atoms with Crippen molar-refractivity contribution < 1.29 is 0 Å². The molecule has 1 N–H and O–H groups in total. The zero-order chi connectivity index (χ0) is 13.2. The minimum atomic E-state index is 0.658. The van der Waals surface area contributed by atoms with Crippen LogP contribution >= 0.6 is 15.9 Å². The number of nitrogens with one attached hydrogen (secondary N) is 1. The smallest absolute Gasteiger partial charge is 0.0726 e. The van der Waals surface area contributed by atoms with Crippen molar-refractivity contribution in [3.05, 3.63) is 34.4 Å². The van der Waals surface area contributed by atoms with Crippen LogP contribution < -0.4 is 5.32 Å². The van der Waals surface area contributed by atoms with Crippen molar-refractivity contribution in [3.8, 4) is 0 Å². The monoisotopic (exact) mass is 318 g/mol. The molecule has 1 aromatic carbocycles. The second-order valence-electron chi connectivity index (χ2n) is 5.27. The molecule has 0 unspecified atom stereocenters. The molecular weight excluding hydrogens is 300 g/mol. The molecule has 1 heterocycles. The van der Waals surface area contributed by atoms with E-state index < -0.39 is 0 Å². The zero-order valence-electron chi connectivity index (χ0n) is 11.2. The third kappa shape index (κ3) is 2.62. The van der Waals surface area contributed by atoms with E-state index in [1.54, 1.807) is 0 Å². The number of hydrogen-bond acceptors (Lipinski definition) is 2. The minimum Gasteiger partial charge on any atom is -0.385 e. The Balaban J connectivity index is 2.12. The second-order valence-corrected chi connectivity index (χ2v) is 6.18. The number of anilines is 1. The van der Waals surface area contributed by atoms with Gasteiger partial charge in [-0.2, -0.15) is 0 Å². The normalized spacial score (nSPS) is 16.1. The predicted molar refractivity (Wildman–Crippen MR) is 84.8 cm³/mol. The average Bonchev–Trinajstić information content (AvgIpc) is 2.93. The van der Waals surface area contributed by atoms with Gasteiger partial charge in [-0.15, -0.1) is 0 Å². The minimum absolute atomic E-state index is 0.658. The standard InChI is InChI=1S/C16H19BrN2/c1-2-18-16-10-15(11-5-3-4-6-11)19-14-8-7-12(17)9-13(14)16/h7-11H,2-6H2,1H3,(H,18,19). The lowest BCUT2D eigenvalue weighted by atomic mass is 10.0. The van der Waals surface area contributed by atoms with Gasteiger partial charge >= 0.3 is 0 Å². The highest BCUT2D eigenvalue weighted by molar-refractivity contribution is 9.10. The molecule has 3 rings (SSSR count). The van der Waals surface area contributed by atoms with Crippen molar-refractivity contribution in [2.75, 3.05) is 11.9 Å². The van der Waals surface area contributed by atoms with Crippen LogP contribution in [-0.2, 0) is 0 Å². The predicted octanol–water partition coefficient (Wildman–Crippen LogP) is 5.09. The first-order chi connectivity index (χ1) is 9.28. The quantitative estimate of drug-likeness (QED) is 0.852. The maximum absolute atomic E-state index is 4.88. The maximum Gasteiger partial charge on any atom is 0.0726 e. The summed E-state index contributed by atoms with van der Waals surface area (Å²) in [6.07, 6.45) is 5.28. The van der Waals surface area contributed by atoms with Gasteiger partial charge in [0.05, 0.1) is 5.52 Å². The van der Waals surface area contributed by atoms with Crippen molar-refractivity contribution >= 4 is 32.5 Å². The molecule has 0 saturated heterocycles. The number of nitrogens with zero attached hydrogens (tertiary/aromatic N) is 1. The molecule has 100 valence electrons. The zero-order valence-corrected chi connectivity index (χ0v) is 12.8. The second kappa shape index (κ2) is 5.49. The van der Waals surface area contributed by atoms with Crippen LogP contribution in [0.5, 0.6) is 0 Å². The van der Waals surface area contributed by atoms with Crippen molar-refractivity contribution in [3.63, 3.8) is 0 Å². The molecule has 0 amide bonds. The lowest BCUT2D eigenvalue weighted by Crippen LogP contribution is -2.03. The fourth-order valence-electron chi connectivity index (χ4n) is 2.99. The number of pyridine rings is 1. The van der Waals surface area contributed by atoms with E-state index in [0.29, 0.717) is 5.92 Å². The molecule has 3 heteroatoms. The maximum atomic E-state index is 4.88. The van der Waals surface area contributed by atoms with E-state index in [1.807, 2.05) is 0 Å². The Morgan fingerprint density at radius 1 is 1.26 bits per heavy atom. The summed E-state index contributed by atoms with van der Waals surface area (Å²) in [5.41, 5.74) is 3.59. The van der Waals surface area contributed by atoms with Gasteiger partial charge in [0.2, 0.25) is 0 Å². The SMILES string of the molecule is CCNc1cc(C2CCCC2)nc2ccc(Br)cc12. The van der Waals surface area contributed by atoms with Crippen LogP contribution in [0.15, 0.2) is 28.7 Å². The molecule has 0 bridgehead atoms. The van der Waals surface area contributed by atoms with E-state index in [4.69, 9.17) is 4.98 Å². The largest absolute Gasteiger partial charge is 0.385 e. The highest BCUT2D eigenvalue weighted by atomic mass is 79.9. The highest BCUT2D eigenvalue weighted by Gasteiger charge is 2.19. The number of benzene rings is 1. The van der Waals surface area contributed by atoms with Crippen LogP contribution in [0.25, 0.3) is 10.9 Å². The summed E-state index contributed by atoms with van der Waals surface area (Å²) in [4.78, 5) is 4.88. The number of aromatic nitrogens is 1. The van der Waals surface area contributed by atoms with Gasteiger partial charge in [0.25, 0.3) is 0 Å². The Hall–Kier alpha value is -1.09. The molecule has 1 aliphatic rings. The van der Waals surface area contributed by atoms with Crippen LogP contribution in [0, 0.1) is 0 Å². The molecular formula is C16H19BrN2. The molecule has 1 aliphatic carbocycles. The van der Waals surface area contributed by atoms with Crippen LogP contribution in [-0.4, -0.2) is 11.5 Å². The third-order valence-corrected chi connectivity index (χ3v) is 4.42. The van der Waals surface area contributed by atoms with Crippen LogP contribution in [0.2, 0.25) is 0 Å². The molecule has 19 heavy (non-hydrogen) atoms. The Morgan fingerprint density at radius 2 is 2.05 bits per heavy atom. The summed E-state index contributed by atoms with van der Waals surface area (Å²) in [5.74, 6) is 0.658. The van der Waals surface area contributed by atoms with E-state index in [9.17, 15) is 0 Å². The topological polar surface area (TPSA) is 24.9 Å². The molecule has 0 spiro atoms. The first-order valence-electron chi connectivity index (χ1n) is 7.12. The van der Waals surface area contributed by atoms with Gasteiger partial charge in [-0.25, -0.2) is 0 Å². The van der Waals surface area contributed by atoms with Gasteiger partial charge in [0, 0.05) is 33.7 Å². The van der Waals surface area contributed by atoms with Crippen molar-refractivity contribution in [2.45, 2.75) is 38.5 Å². The van der Waals surface area contributed by atoms with Gasteiger partial charge in [-0.1, -0.05) is 28.8 Å². The molecule has 1 aromatic heterocycles. The van der Waals surface area contributed by atoms with E-state index in [0.717, 1.165) is 16.5 Å². The summed E-state index contributed by atoms with van der Waals surface area (Å²) in [5, 5.41) is 4.69. The number of hydrogen-bond donors (Lipinski definition) is 1. The fourth-order valence-corrected chi connectivity index (χ4v) is 3.35. The third-order valence-electron chi connectivity index (χ3n) is 3.93. The van der Waals surface area contributed by atoms with Gasteiger partial charge in [-0.05, 0) is 44.0 Å². The van der Waals surface area contributed by atoms with E-state index in [1.165, 1.54) is 42.5 Å². The Morgan fingerprint density at radius 3 is 2.79 bits per heavy atom. The van der Waals surface area contributed by atoms with Crippen LogP contribution in [0.3, 0.4) is 0 Å². The van der Waals surface area contributed by atoms with Crippen LogP contribution in [0.1, 0.15) is 44.2 Å². The van der Waals surface area contributed by atoms with Crippen molar-refractivity contribution in [1.82, 2.24) is 4.98 Å². The number of rotatable bonds is 3. The van der Waals surface area contributed by atoms with E-state index in [-0.39, 0.29) is 0 Å². The Labute approximate surface area is 122 Å². The first-order valence-corrected chi connectivity index (χ1v) is 7.91. The summed E-state index contributed by atoms with van der Waals surface area (Å²) in [6.45, 7) is 3.08. The fraction of sp³-hybridized carbons (Fsp3) is 0.438. The van der Waals surface area contributed by atoms with E-state index in [2.05, 4.69) is 52.4 Å². The van der Waals surface area contributed by atoms with Gasteiger partial charge < -0.3 is 5.32 Å². The van der Waals surface area contributed by atoms with Crippen molar-refractivity contribution in [1.29, 1.82) is 0 Å². The lowest BCUT2D eigenvalue weighted by molar-refractivity contribution is 0.701. The molecule has 2 aromatic rings. The molecule has 2 nitrogen and oxygen atoms in total. The molecule has 0 aliphatic heterocycles. The summed E-state index contributed by atoms with van der Waals surface area (Å²) in [7, 11) is 0. The van der Waals surface area contributed by atoms with Gasteiger partial charge in [-0.3, -0.25) is 4.98 Å². The highest BCUT2D eigenvalue weighted by Crippen LogP contribution is 2.36. The average molecular weight is 319 g/mol. The van der Waals surface area contributed by atoms with Gasteiger partial charge in [0.15, 0.2) is 0 Å². The first kappa shape index (κ1) is 12.9. The Kier molecular flexibility index (Phi) is 3.74. The molecule has 1 saturated carbocycles. The summed E-state index contributed by atoms with van der Waals surface area (Å²) >= 11 is 3.55.